The van der Waals surface area contributed by atoms with E-state index >= 15 is 0 Å². The lowest BCUT2D eigenvalue weighted by atomic mass is 10.1. The van der Waals surface area contributed by atoms with E-state index in [1.807, 2.05) is 32.0 Å². The van der Waals surface area contributed by atoms with E-state index in [1.165, 1.54) is 19.4 Å². The Kier molecular flexibility index (Phi) is 8.00. The first-order valence-electron chi connectivity index (χ1n) is 13.0. The van der Waals surface area contributed by atoms with Gasteiger partial charge in [0.2, 0.25) is 0 Å². The van der Waals surface area contributed by atoms with Crippen molar-refractivity contribution in [1.29, 1.82) is 0 Å². The lowest BCUT2D eigenvalue weighted by Crippen LogP contribution is -2.15. The van der Waals surface area contributed by atoms with E-state index in [2.05, 4.69) is 20.5 Å². The Balaban J connectivity index is 1.36. The first-order chi connectivity index (χ1) is 20.2. The predicted molar refractivity (Wildman–Crippen MR) is 148 cm³/mol. The van der Waals surface area contributed by atoms with Gasteiger partial charge in [0.25, 0.3) is 5.91 Å². The standard InChI is InChI=1S/C29H27F3N6O4/c1-4-41-24-11-6-18(12-25(24)42-5-2)16-37-17-20(15-33-37)34-28(39)23-14-27-35-22(19-7-9-21(40-3)10-8-19)13-26(29(30,31)32)38(27)36-23/h6-15,17H,4-5,16H2,1-3H3,(H,34,39). The minimum absolute atomic E-state index is 0.0763. The van der Waals surface area contributed by atoms with Crippen LogP contribution in [-0.4, -0.2) is 50.6 Å². The smallest absolute Gasteiger partial charge is 0.433 e. The van der Waals surface area contributed by atoms with Crippen LogP contribution in [0.25, 0.3) is 16.9 Å². The van der Waals surface area contributed by atoms with Gasteiger partial charge in [0, 0.05) is 17.8 Å². The first kappa shape index (κ1) is 28.5. The van der Waals surface area contributed by atoms with Crippen LogP contribution in [0.2, 0.25) is 0 Å². The van der Waals surface area contributed by atoms with E-state index < -0.39 is 17.8 Å². The van der Waals surface area contributed by atoms with Crippen molar-refractivity contribution in [3.05, 3.63) is 83.9 Å². The van der Waals surface area contributed by atoms with Gasteiger partial charge in [-0.1, -0.05) is 6.07 Å². The third kappa shape index (κ3) is 6.14. The number of anilines is 1. The second-order valence-electron chi connectivity index (χ2n) is 9.08. The summed E-state index contributed by atoms with van der Waals surface area (Å²) in [7, 11) is 1.49. The Morgan fingerprint density at radius 2 is 1.71 bits per heavy atom. The number of aromatic nitrogens is 5. The third-order valence-corrected chi connectivity index (χ3v) is 6.18. The molecule has 5 aromatic rings. The van der Waals surface area contributed by atoms with Crippen molar-refractivity contribution >= 4 is 17.2 Å². The summed E-state index contributed by atoms with van der Waals surface area (Å²) in [6.45, 7) is 5.14. The number of methoxy groups -OCH3 is 1. The number of alkyl halides is 3. The molecule has 0 saturated carbocycles. The maximum atomic E-state index is 14.0. The number of carbonyl (C=O) groups excluding carboxylic acids is 1. The van der Waals surface area contributed by atoms with Gasteiger partial charge in [-0.05, 0) is 61.9 Å². The summed E-state index contributed by atoms with van der Waals surface area (Å²) in [6.07, 6.45) is -1.70. The summed E-state index contributed by atoms with van der Waals surface area (Å²) in [5.41, 5.74) is 0.332. The van der Waals surface area contributed by atoms with Gasteiger partial charge in [-0.2, -0.15) is 23.4 Å². The Morgan fingerprint density at radius 1 is 0.976 bits per heavy atom. The number of ether oxygens (including phenoxy) is 3. The van der Waals surface area contributed by atoms with Crippen LogP contribution < -0.4 is 19.5 Å². The molecular weight excluding hydrogens is 553 g/mol. The number of benzene rings is 2. The maximum absolute atomic E-state index is 14.0. The second kappa shape index (κ2) is 11.8. The molecule has 0 spiro atoms. The lowest BCUT2D eigenvalue weighted by Gasteiger charge is -2.12. The fraction of sp³-hybridized carbons (Fsp3) is 0.241. The van der Waals surface area contributed by atoms with Crippen molar-refractivity contribution in [3.63, 3.8) is 0 Å². The molecule has 0 radical (unpaired) electrons. The number of rotatable bonds is 10. The maximum Gasteiger partial charge on any atom is 0.433 e. The summed E-state index contributed by atoms with van der Waals surface area (Å²) in [5, 5.41) is 10.8. The second-order valence-corrected chi connectivity index (χ2v) is 9.08. The monoisotopic (exact) mass is 580 g/mol. The number of halogens is 3. The molecule has 0 atom stereocenters. The van der Waals surface area contributed by atoms with Crippen molar-refractivity contribution < 1.29 is 32.2 Å². The first-order valence-corrected chi connectivity index (χ1v) is 13.0. The minimum Gasteiger partial charge on any atom is -0.497 e. The highest BCUT2D eigenvalue weighted by molar-refractivity contribution is 6.03. The number of nitrogens with zero attached hydrogens (tertiary/aromatic N) is 5. The number of fused-ring (bicyclic) bond motifs is 1. The van der Waals surface area contributed by atoms with Crippen molar-refractivity contribution in [3.8, 4) is 28.5 Å². The average Bonchev–Trinajstić information content (AvgIpc) is 3.60. The zero-order valence-corrected chi connectivity index (χ0v) is 23.0. The highest BCUT2D eigenvalue weighted by atomic mass is 19.4. The lowest BCUT2D eigenvalue weighted by molar-refractivity contribution is -0.142. The fourth-order valence-corrected chi connectivity index (χ4v) is 4.29. The molecule has 13 heteroatoms. The van der Waals surface area contributed by atoms with Gasteiger partial charge in [-0.25, -0.2) is 9.50 Å². The van der Waals surface area contributed by atoms with Crippen LogP contribution in [0.1, 0.15) is 35.6 Å². The Labute approximate surface area is 238 Å². The molecule has 0 aliphatic carbocycles. The van der Waals surface area contributed by atoms with Gasteiger partial charge in [-0.15, -0.1) is 0 Å². The van der Waals surface area contributed by atoms with Crippen molar-refractivity contribution in [2.75, 3.05) is 25.6 Å². The molecule has 218 valence electrons. The number of amides is 1. The Bertz CT molecular complexity index is 1710. The third-order valence-electron chi connectivity index (χ3n) is 6.18. The SMILES string of the molecule is CCOc1ccc(Cn2cc(NC(=O)c3cc4nc(-c5ccc(OC)cc5)cc(C(F)(F)F)n4n3)cn2)cc1OCC. The molecule has 0 aliphatic rings. The quantitative estimate of drug-likeness (QED) is 0.225. The highest BCUT2D eigenvalue weighted by Gasteiger charge is 2.35. The number of carbonyl (C=O) groups is 1. The summed E-state index contributed by atoms with van der Waals surface area (Å²) in [4.78, 5) is 17.3. The molecule has 1 N–H and O–H groups in total. The number of nitrogens with one attached hydrogen (secondary N) is 1. The van der Waals surface area contributed by atoms with Crippen LogP contribution in [0.3, 0.4) is 0 Å². The van der Waals surface area contributed by atoms with Gasteiger partial charge in [0.15, 0.2) is 28.5 Å². The van der Waals surface area contributed by atoms with Gasteiger partial charge >= 0.3 is 6.18 Å². The van der Waals surface area contributed by atoms with Gasteiger partial charge < -0.3 is 19.5 Å². The summed E-state index contributed by atoms with van der Waals surface area (Å²) in [6, 6.07) is 14.1. The van der Waals surface area contributed by atoms with Crippen LogP contribution in [0, 0.1) is 0 Å². The van der Waals surface area contributed by atoms with Crippen LogP contribution in [0.4, 0.5) is 18.9 Å². The summed E-state index contributed by atoms with van der Waals surface area (Å²) < 4.78 is 60.5. The Morgan fingerprint density at radius 3 is 2.40 bits per heavy atom. The molecule has 3 aromatic heterocycles. The van der Waals surface area contributed by atoms with Crippen molar-refractivity contribution in [2.45, 2.75) is 26.6 Å². The van der Waals surface area contributed by atoms with Crippen LogP contribution in [0.15, 0.2) is 67.0 Å². The van der Waals surface area contributed by atoms with E-state index in [0.717, 1.165) is 11.6 Å². The zero-order chi connectivity index (χ0) is 29.9. The summed E-state index contributed by atoms with van der Waals surface area (Å²) in [5.74, 6) is 1.10. The van der Waals surface area contributed by atoms with E-state index in [9.17, 15) is 18.0 Å². The van der Waals surface area contributed by atoms with Crippen LogP contribution in [0.5, 0.6) is 17.2 Å². The Hall–Kier alpha value is -5.07. The largest absolute Gasteiger partial charge is 0.497 e. The van der Waals surface area contributed by atoms with E-state index in [-0.39, 0.29) is 17.0 Å². The summed E-state index contributed by atoms with van der Waals surface area (Å²) >= 11 is 0. The molecule has 10 nitrogen and oxygen atoms in total. The number of hydrogen-bond donors (Lipinski definition) is 1. The molecule has 0 aliphatic heterocycles. The normalized spacial score (nSPS) is 11.5. The predicted octanol–water partition coefficient (Wildman–Crippen LogP) is 5.72. The van der Waals surface area contributed by atoms with E-state index in [4.69, 9.17) is 14.2 Å². The van der Waals surface area contributed by atoms with E-state index in [1.54, 1.807) is 35.1 Å². The van der Waals surface area contributed by atoms with E-state index in [0.29, 0.717) is 52.8 Å². The zero-order valence-electron chi connectivity index (χ0n) is 23.0. The molecule has 5 rings (SSSR count). The van der Waals surface area contributed by atoms with Gasteiger partial charge in [0.1, 0.15) is 5.75 Å². The van der Waals surface area contributed by atoms with Crippen LogP contribution in [-0.2, 0) is 12.7 Å². The molecule has 3 heterocycles. The molecule has 0 saturated heterocycles. The molecule has 0 unspecified atom stereocenters. The average molecular weight is 581 g/mol. The molecule has 1 amide bonds. The van der Waals surface area contributed by atoms with Crippen molar-refractivity contribution in [2.24, 2.45) is 0 Å². The van der Waals surface area contributed by atoms with Crippen molar-refractivity contribution in [1.82, 2.24) is 24.4 Å². The molecule has 0 fully saturated rings. The fourth-order valence-electron chi connectivity index (χ4n) is 4.29. The highest BCUT2D eigenvalue weighted by Crippen LogP contribution is 2.33. The molecule has 42 heavy (non-hydrogen) atoms. The van der Waals surface area contributed by atoms with Gasteiger partial charge in [0.05, 0.1) is 44.4 Å². The van der Waals surface area contributed by atoms with Gasteiger partial charge in [-0.3, -0.25) is 9.48 Å². The van der Waals surface area contributed by atoms with Crippen LogP contribution >= 0.6 is 0 Å². The molecule has 2 aromatic carbocycles. The number of hydrogen-bond acceptors (Lipinski definition) is 7. The topological polar surface area (TPSA) is 105 Å². The minimum atomic E-state index is -4.74. The molecular formula is C29H27F3N6O4. The molecule has 0 bridgehead atoms.